The SMILES string of the molecule is C.C.C.C.C.C.CO.CO.OCO.[Y].[Y]. The van der Waals surface area contributed by atoms with Crippen molar-refractivity contribution in [3.05, 3.63) is 0 Å². The first kappa shape index (κ1) is 120. The van der Waals surface area contributed by atoms with Gasteiger partial charge in [-0.15, -0.1) is 0 Å². The maximum Gasteiger partial charge on any atom is 0.140 e. The van der Waals surface area contributed by atoms with Crippen LogP contribution in [0.5, 0.6) is 0 Å². The maximum absolute atomic E-state index is 7.12. The molecule has 0 fully saturated rings. The van der Waals surface area contributed by atoms with E-state index in [1.54, 1.807) is 0 Å². The normalized spacial score (nSPS) is 2.00. The van der Waals surface area contributed by atoms with Gasteiger partial charge in [0.1, 0.15) is 6.79 Å². The standard InChI is InChI=1S/CH4O2.2CH4O.6CH4.2Y/c2-1-3;2*1-2;;;;;;;;/h2-3H,1H2;2*2H,1H3;6*1H4;;. The van der Waals surface area contributed by atoms with Gasteiger partial charge in [0.2, 0.25) is 0 Å². The Bertz CT molecular complexity index is 20.1. The van der Waals surface area contributed by atoms with Crippen LogP contribution in [0.4, 0.5) is 0 Å². The van der Waals surface area contributed by atoms with Gasteiger partial charge in [-0.2, -0.15) is 0 Å². The first-order valence-electron chi connectivity index (χ1n) is 1.53. The van der Waals surface area contributed by atoms with Crippen molar-refractivity contribution in [2.75, 3.05) is 21.0 Å². The van der Waals surface area contributed by atoms with Gasteiger partial charge in [-0.3, -0.25) is 0 Å². The molecule has 0 spiro atoms. The van der Waals surface area contributed by atoms with Crippen molar-refractivity contribution in [2.45, 2.75) is 44.6 Å². The van der Waals surface area contributed by atoms with Gasteiger partial charge in [0, 0.05) is 79.6 Å². The summed E-state index contributed by atoms with van der Waals surface area (Å²) in [4.78, 5) is 0. The van der Waals surface area contributed by atoms with Gasteiger partial charge in [0.25, 0.3) is 0 Å². The molecular weight excluding hydrogens is 350 g/mol. The minimum absolute atomic E-state index is 0. The van der Waals surface area contributed by atoms with E-state index in [0.29, 0.717) is 0 Å². The monoisotopic (exact) mass is 386 g/mol. The molecule has 0 amide bonds. The van der Waals surface area contributed by atoms with Gasteiger partial charge < -0.3 is 20.4 Å². The van der Waals surface area contributed by atoms with E-state index in [-0.39, 0.29) is 110 Å². The number of aliphatic hydroxyl groups excluding tert-OH is 3. The number of hydrogen-bond donors (Lipinski definition) is 4. The molecular formula is C9H36O4Y2. The summed E-state index contributed by atoms with van der Waals surface area (Å²) in [6.07, 6.45) is 0. The smallest absolute Gasteiger partial charge is 0.140 e. The second kappa shape index (κ2) is 391. The number of hydrogen-bond acceptors (Lipinski definition) is 4. The fraction of sp³-hybridized carbons (Fsp3) is 1.00. The Labute approximate surface area is 150 Å². The van der Waals surface area contributed by atoms with Gasteiger partial charge >= 0.3 is 0 Å². The minimum atomic E-state index is -0.750. The molecule has 0 saturated heterocycles. The summed E-state index contributed by atoms with van der Waals surface area (Å²) in [7, 11) is 2.00. The van der Waals surface area contributed by atoms with Crippen LogP contribution in [-0.2, 0) is 65.4 Å². The van der Waals surface area contributed by atoms with Crippen LogP contribution in [0, 0.1) is 0 Å². The van der Waals surface area contributed by atoms with Gasteiger partial charge in [-0.05, 0) is 0 Å². The summed E-state index contributed by atoms with van der Waals surface area (Å²) < 4.78 is 0. The van der Waals surface area contributed by atoms with Crippen molar-refractivity contribution in [1.82, 2.24) is 0 Å². The first-order chi connectivity index (χ1) is 3.41. The molecule has 6 heteroatoms. The first-order valence-corrected chi connectivity index (χ1v) is 1.53. The fourth-order valence-electron chi connectivity index (χ4n) is 0. The second-order valence-corrected chi connectivity index (χ2v) is 0.141. The summed E-state index contributed by atoms with van der Waals surface area (Å²) >= 11 is 0. The average molecular weight is 386 g/mol. The largest absolute Gasteiger partial charge is 0.400 e. The zero-order valence-electron chi connectivity index (χ0n) is 5.65. The summed E-state index contributed by atoms with van der Waals surface area (Å²) in [5, 5.41) is 28.2. The van der Waals surface area contributed by atoms with Crippen LogP contribution < -0.4 is 0 Å². The summed E-state index contributed by atoms with van der Waals surface area (Å²) in [5.74, 6) is 0. The minimum Gasteiger partial charge on any atom is -0.400 e. The molecule has 0 aliphatic carbocycles. The predicted molar refractivity (Wildman–Crippen MR) is 66.0 cm³/mol. The van der Waals surface area contributed by atoms with Crippen molar-refractivity contribution in [1.29, 1.82) is 0 Å². The van der Waals surface area contributed by atoms with Gasteiger partial charge in [0.05, 0.1) is 0 Å². The Hall–Kier alpha value is 2.05. The fourth-order valence-corrected chi connectivity index (χ4v) is 0. The molecule has 0 aliphatic rings. The molecule has 102 valence electrons. The van der Waals surface area contributed by atoms with E-state index in [1.807, 2.05) is 0 Å². The Morgan fingerprint density at radius 3 is 0.533 bits per heavy atom. The molecule has 0 aliphatic heterocycles. The Morgan fingerprint density at radius 2 is 0.533 bits per heavy atom. The van der Waals surface area contributed by atoms with Crippen molar-refractivity contribution < 1.29 is 85.8 Å². The summed E-state index contributed by atoms with van der Waals surface area (Å²) in [6, 6.07) is 0. The van der Waals surface area contributed by atoms with E-state index >= 15 is 0 Å². The molecule has 2 radical (unpaired) electrons. The molecule has 4 nitrogen and oxygen atoms in total. The van der Waals surface area contributed by atoms with E-state index in [9.17, 15) is 0 Å². The van der Waals surface area contributed by atoms with E-state index in [2.05, 4.69) is 0 Å². The third-order valence-electron chi connectivity index (χ3n) is 0. The molecule has 0 heterocycles. The third kappa shape index (κ3) is 755. The van der Waals surface area contributed by atoms with Crippen molar-refractivity contribution in [3.63, 3.8) is 0 Å². The summed E-state index contributed by atoms with van der Waals surface area (Å²) in [5.41, 5.74) is 0. The third-order valence-corrected chi connectivity index (χ3v) is 0. The van der Waals surface area contributed by atoms with E-state index in [0.717, 1.165) is 14.2 Å². The molecule has 0 atom stereocenters. The van der Waals surface area contributed by atoms with Crippen LogP contribution in [0.15, 0.2) is 0 Å². The average Bonchev–Trinajstić information content (AvgIpc) is 1.78. The molecule has 0 saturated carbocycles. The van der Waals surface area contributed by atoms with Crippen LogP contribution in [0.25, 0.3) is 0 Å². The van der Waals surface area contributed by atoms with E-state index in [1.165, 1.54) is 0 Å². The Balaban J connectivity index is -0.00000000142. The zero-order valence-corrected chi connectivity index (χ0v) is 11.3. The second-order valence-electron chi connectivity index (χ2n) is 0.141. The molecule has 0 aromatic heterocycles. The van der Waals surface area contributed by atoms with Crippen LogP contribution in [0.2, 0.25) is 0 Å². The predicted octanol–water partition coefficient (Wildman–Crippen LogP) is 1.96. The van der Waals surface area contributed by atoms with E-state index < -0.39 is 6.79 Å². The molecule has 0 aromatic carbocycles. The van der Waals surface area contributed by atoms with Gasteiger partial charge in [-0.1, -0.05) is 44.6 Å². The quantitative estimate of drug-likeness (QED) is 0.480. The van der Waals surface area contributed by atoms with Crippen LogP contribution in [0.1, 0.15) is 44.6 Å². The maximum atomic E-state index is 7.12. The van der Waals surface area contributed by atoms with Gasteiger partial charge in [0.15, 0.2) is 0 Å². The molecule has 4 N–H and O–H groups in total. The molecule has 0 rings (SSSR count). The van der Waals surface area contributed by atoms with Crippen LogP contribution >= 0.6 is 0 Å². The molecule has 0 bridgehead atoms. The topological polar surface area (TPSA) is 80.9 Å². The van der Waals surface area contributed by atoms with Crippen LogP contribution in [0.3, 0.4) is 0 Å². The van der Waals surface area contributed by atoms with Crippen LogP contribution in [-0.4, -0.2) is 41.4 Å². The number of aliphatic hydroxyl groups is 4. The van der Waals surface area contributed by atoms with Crippen molar-refractivity contribution in [3.8, 4) is 0 Å². The number of rotatable bonds is 0. The van der Waals surface area contributed by atoms with E-state index in [4.69, 9.17) is 20.4 Å². The molecule has 0 aromatic rings. The summed E-state index contributed by atoms with van der Waals surface area (Å²) in [6.45, 7) is -0.750. The molecule has 0 unspecified atom stereocenters. The Kier molecular flexibility index (Phi) is 3130. The van der Waals surface area contributed by atoms with Crippen molar-refractivity contribution >= 4 is 0 Å². The zero-order chi connectivity index (χ0) is 6.71. The van der Waals surface area contributed by atoms with Crippen molar-refractivity contribution in [2.24, 2.45) is 0 Å². The molecule has 15 heavy (non-hydrogen) atoms. The van der Waals surface area contributed by atoms with Gasteiger partial charge in [-0.25, -0.2) is 0 Å². The Morgan fingerprint density at radius 1 is 0.533 bits per heavy atom.